The number of aryl methyl sites for hydroxylation is 1. The predicted octanol–water partition coefficient (Wildman–Crippen LogP) is 2.22. The largest absolute Gasteiger partial charge is 0.398 e. The summed E-state index contributed by atoms with van der Waals surface area (Å²) in [5, 5.41) is 11.3. The number of benzene rings is 2. The van der Waals surface area contributed by atoms with Gasteiger partial charge in [-0.3, -0.25) is 0 Å². The number of hydrogen-bond donors (Lipinski definition) is 2. The van der Waals surface area contributed by atoms with Gasteiger partial charge in [-0.05, 0) is 41.6 Å². The third-order valence-electron chi connectivity index (χ3n) is 2.54. The van der Waals surface area contributed by atoms with Crippen LogP contribution in [-0.4, -0.2) is 5.11 Å². The Hall–Kier alpha value is -1.54. The Morgan fingerprint density at radius 1 is 1.29 bits per heavy atom. The Kier molecular flexibility index (Phi) is 2.14. The van der Waals surface area contributed by atoms with Crippen LogP contribution in [0.1, 0.15) is 11.1 Å². The fraction of sp³-hybridized carbons (Fsp3) is 0.167. The summed E-state index contributed by atoms with van der Waals surface area (Å²) in [4.78, 5) is 0. The SMILES string of the molecule is Cc1cc2c(N)cccc2cc1CO. The molecule has 0 bridgehead atoms. The van der Waals surface area contributed by atoms with E-state index >= 15 is 0 Å². The smallest absolute Gasteiger partial charge is 0.0684 e. The number of aliphatic hydroxyl groups excluding tert-OH is 1. The molecule has 0 spiro atoms. The summed E-state index contributed by atoms with van der Waals surface area (Å²) in [6.07, 6.45) is 0. The van der Waals surface area contributed by atoms with Crippen LogP contribution in [-0.2, 0) is 6.61 Å². The lowest BCUT2D eigenvalue weighted by molar-refractivity contribution is 0.281. The molecule has 2 heteroatoms. The predicted molar refractivity (Wildman–Crippen MR) is 59.0 cm³/mol. The second-order valence-corrected chi connectivity index (χ2v) is 3.51. The third-order valence-corrected chi connectivity index (χ3v) is 2.54. The molecule has 0 saturated heterocycles. The molecule has 72 valence electrons. The molecule has 0 saturated carbocycles. The second kappa shape index (κ2) is 3.31. The first-order valence-electron chi connectivity index (χ1n) is 4.61. The summed E-state index contributed by atoms with van der Waals surface area (Å²) in [6.45, 7) is 2.06. The van der Waals surface area contributed by atoms with Crippen molar-refractivity contribution in [1.82, 2.24) is 0 Å². The van der Waals surface area contributed by atoms with Gasteiger partial charge in [0.05, 0.1) is 6.61 Å². The average molecular weight is 187 g/mol. The zero-order valence-corrected chi connectivity index (χ0v) is 8.12. The molecule has 3 N–H and O–H groups in total. The van der Waals surface area contributed by atoms with Crippen molar-refractivity contribution in [3.8, 4) is 0 Å². The number of hydrogen-bond acceptors (Lipinski definition) is 2. The van der Waals surface area contributed by atoms with Crippen molar-refractivity contribution in [2.75, 3.05) is 5.73 Å². The maximum Gasteiger partial charge on any atom is 0.0684 e. The Balaban J connectivity index is 2.79. The van der Waals surface area contributed by atoms with Crippen molar-refractivity contribution >= 4 is 16.5 Å². The van der Waals surface area contributed by atoms with Gasteiger partial charge in [0.15, 0.2) is 0 Å². The second-order valence-electron chi connectivity index (χ2n) is 3.51. The molecule has 0 atom stereocenters. The minimum Gasteiger partial charge on any atom is -0.398 e. The van der Waals surface area contributed by atoms with E-state index in [-0.39, 0.29) is 6.61 Å². The minimum absolute atomic E-state index is 0.0799. The van der Waals surface area contributed by atoms with Gasteiger partial charge in [-0.15, -0.1) is 0 Å². The number of anilines is 1. The molecule has 0 aliphatic rings. The van der Waals surface area contributed by atoms with Crippen molar-refractivity contribution in [1.29, 1.82) is 0 Å². The number of nitrogens with two attached hydrogens (primary N) is 1. The van der Waals surface area contributed by atoms with Gasteiger partial charge in [-0.2, -0.15) is 0 Å². The van der Waals surface area contributed by atoms with Gasteiger partial charge < -0.3 is 10.8 Å². The summed E-state index contributed by atoms with van der Waals surface area (Å²) in [6, 6.07) is 9.83. The zero-order chi connectivity index (χ0) is 10.1. The molecular weight excluding hydrogens is 174 g/mol. The molecular formula is C12H13NO. The first-order chi connectivity index (χ1) is 6.72. The fourth-order valence-electron chi connectivity index (χ4n) is 1.68. The normalized spacial score (nSPS) is 10.7. The summed E-state index contributed by atoms with van der Waals surface area (Å²) in [5.41, 5.74) is 8.68. The van der Waals surface area contributed by atoms with Crippen molar-refractivity contribution in [3.05, 3.63) is 41.5 Å². The maximum absolute atomic E-state index is 9.12. The van der Waals surface area contributed by atoms with Crippen LogP contribution in [0.2, 0.25) is 0 Å². The van der Waals surface area contributed by atoms with E-state index in [1.54, 1.807) is 0 Å². The highest BCUT2D eigenvalue weighted by Crippen LogP contribution is 2.24. The number of fused-ring (bicyclic) bond motifs is 1. The average Bonchev–Trinajstić information content (AvgIpc) is 2.19. The van der Waals surface area contributed by atoms with Crippen molar-refractivity contribution in [2.24, 2.45) is 0 Å². The van der Waals surface area contributed by atoms with E-state index in [9.17, 15) is 0 Å². The van der Waals surface area contributed by atoms with Crippen LogP contribution in [0.4, 0.5) is 5.69 Å². The van der Waals surface area contributed by atoms with Gasteiger partial charge in [0.1, 0.15) is 0 Å². The Morgan fingerprint density at radius 3 is 2.79 bits per heavy atom. The highest BCUT2D eigenvalue weighted by Gasteiger charge is 2.02. The molecule has 2 aromatic carbocycles. The monoisotopic (exact) mass is 187 g/mol. The molecule has 2 nitrogen and oxygen atoms in total. The summed E-state index contributed by atoms with van der Waals surface area (Å²) in [7, 11) is 0. The molecule has 0 heterocycles. The quantitative estimate of drug-likeness (QED) is 0.672. The first-order valence-corrected chi connectivity index (χ1v) is 4.61. The first kappa shape index (κ1) is 9.03. The molecule has 0 aliphatic heterocycles. The van der Waals surface area contributed by atoms with Gasteiger partial charge in [0.25, 0.3) is 0 Å². The fourth-order valence-corrected chi connectivity index (χ4v) is 1.68. The lowest BCUT2D eigenvalue weighted by atomic mass is 10.0. The molecule has 0 amide bonds. The van der Waals surface area contributed by atoms with Crippen molar-refractivity contribution < 1.29 is 5.11 Å². The van der Waals surface area contributed by atoms with E-state index in [0.29, 0.717) is 0 Å². The Labute approximate surface area is 83.0 Å². The van der Waals surface area contributed by atoms with E-state index in [4.69, 9.17) is 10.8 Å². The van der Waals surface area contributed by atoms with E-state index < -0.39 is 0 Å². The van der Waals surface area contributed by atoms with E-state index in [1.165, 1.54) is 0 Å². The topological polar surface area (TPSA) is 46.2 Å². The third kappa shape index (κ3) is 1.34. The summed E-state index contributed by atoms with van der Waals surface area (Å²) in [5.74, 6) is 0. The molecule has 0 fully saturated rings. The standard InChI is InChI=1S/C12H13NO/c1-8-5-11-9(6-10(8)7-14)3-2-4-12(11)13/h2-6,14H,7,13H2,1H3. The van der Waals surface area contributed by atoms with Crippen LogP contribution < -0.4 is 5.73 Å². The number of rotatable bonds is 1. The molecule has 0 aliphatic carbocycles. The highest BCUT2D eigenvalue weighted by molar-refractivity contribution is 5.93. The van der Waals surface area contributed by atoms with E-state index in [1.807, 2.05) is 37.3 Å². The summed E-state index contributed by atoms with van der Waals surface area (Å²) >= 11 is 0. The number of aliphatic hydroxyl groups is 1. The number of nitrogen functional groups attached to an aromatic ring is 1. The van der Waals surface area contributed by atoms with Gasteiger partial charge in [-0.25, -0.2) is 0 Å². The van der Waals surface area contributed by atoms with Crippen LogP contribution in [0.5, 0.6) is 0 Å². The molecule has 14 heavy (non-hydrogen) atoms. The molecule has 2 aromatic rings. The van der Waals surface area contributed by atoms with Gasteiger partial charge >= 0.3 is 0 Å². The minimum atomic E-state index is 0.0799. The summed E-state index contributed by atoms with van der Waals surface area (Å²) < 4.78 is 0. The van der Waals surface area contributed by atoms with Gasteiger partial charge in [-0.1, -0.05) is 12.1 Å². The molecule has 0 aromatic heterocycles. The molecule has 0 radical (unpaired) electrons. The van der Waals surface area contributed by atoms with Crippen LogP contribution >= 0.6 is 0 Å². The van der Waals surface area contributed by atoms with Gasteiger partial charge in [0, 0.05) is 11.1 Å². The van der Waals surface area contributed by atoms with Crippen LogP contribution in [0, 0.1) is 6.92 Å². The Morgan fingerprint density at radius 2 is 2.07 bits per heavy atom. The van der Waals surface area contributed by atoms with E-state index in [0.717, 1.165) is 27.6 Å². The van der Waals surface area contributed by atoms with Crippen LogP contribution in [0.25, 0.3) is 10.8 Å². The van der Waals surface area contributed by atoms with E-state index in [2.05, 4.69) is 0 Å². The lowest BCUT2D eigenvalue weighted by Crippen LogP contribution is -1.92. The van der Waals surface area contributed by atoms with Gasteiger partial charge in [0.2, 0.25) is 0 Å². The van der Waals surface area contributed by atoms with Crippen molar-refractivity contribution in [3.63, 3.8) is 0 Å². The zero-order valence-electron chi connectivity index (χ0n) is 8.12. The van der Waals surface area contributed by atoms with Crippen LogP contribution in [0.15, 0.2) is 30.3 Å². The molecule has 0 unspecified atom stereocenters. The van der Waals surface area contributed by atoms with Crippen molar-refractivity contribution in [2.45, 2.75) is 13.5 Å². The highest BCUT2D eigenvalue weighted by atomic mass is 16.3. The Bertz CT molecular complexity index is 477. The van der Waals surface area contributed by atoms with Crippen LogP contribution in [0.3, 0.4) is 0 Å². The maximum atomic E-state index is 9.12. The molecule has 2 rings (SSSR count). The lowest BCUT2D eigenvalue weighted by Gasteiger charge is -2.07.